The second kappa shape index (κ2) is 8.28. The first kappa shape index (κ1) is 20.7. The molecule has 3 aromatic rings. The SMILES string of the molecule is CCCCS(=O)(=O)N1CCCC1C(=O)Nc1cc2oc3ccccc3c2cc1OC. The van der Waals surface area contributed by atoms with E-state index in [0.717, 1.165) is 22.8 Å². The van der Waals surface area contributed by atoms with Crippen molar-refractivity contribution in [1.29, 1.82) is 0 Å². The molecule has 0 aliphatic carbocycles. The molecular weight excluding hydrogens is 404 g/mol. The summed E-state index contributed by atoms with van der Waals surface area (Å²) in [4.78, 5) is 13.0. The van der Waals surface area contributed by atoms with Gasteiger partial charge in [-0.1, -0.05) is 31.5 Å². The van der Waals surface area contributed by atoms with Crippen LogP contribution in [0.3, 0.4) is 0 Å². The van der Waals surface area contributed by atoms with Crippen LogP contribution < -0.4 is 10.1 Å². The normalized spacial score (nSPS) is 17.6. The molecule has 0 spiro atoms. The van der Waals surface area contributed by atoms with Crippen molar-refractivity contribution in [2.24, 2.45) is 0 Å². The summed E-state index contributed by atoms with van der Waals surface area (Å²) in [6, 6.07) is 10.6. The number of sulfonamides is 1. The zero-order valence-corrected chi connectivity index (χ0v) is 18.0. The van der Waals surface area contributed by atoms with E-state index in [4.69, 9.17) is 9.15 Å². The van der Waals surface area contributed by atoms with E-state index in [-0.39, 0.29) is 11.7 Å². The quantitative estimate of drug-likeness (QED) is 0.609. The van der Waals surface area contributed by atoms with Crippen molar-refractivity contribution in [2.45, 2.75) is 38.6 Å². The number of hydrogen-bond acceptors (Lipinski definition) is 5. The third-order valence-corrected chi connectivity index (χ3v) is 7.53. The first-order valence-electron chi connectivity index (χ1n) is 10.2. The molecular formula is C22H26N2O5S. The van der Waals surface area contributed by atoms with Crippen LogP contribution in [0.15, 0.2) is 40.8 Å². The summed E-state index contributed by atoms with van der Waals surface area (Å²) in [5.74, 6) is 0.226. The molecule has 4 rings (SSSR count). The highest BCUT2D eigenvalue weighted by Gasteiger charge is 2.38. The molecule has 1 aromatic heterocycles. The van der Waals surface area contributed by atoms with E-state index >= 15 is 0 Å². The van der Waals surface area contributed by atoms with Gasteiger partial charge in [0.1, 0.15) is 23.0 Å². The third-order valence-electron chi connectivity index (χ3n) is 5.58. The number of unbranched alkanes of at least 4 members (excludes halogenated alkanes) is 1. The van der Waals surface area contributed by atoms with Gasteiger partial charge in [-0.05, 0) is 31.4 Å². The lowest BCUT2D eigenvalue weighted by atomic mass is 10.1. The average molecular weight is 431 g/mol. The number of furan rings is 1. The Morgan fingerprint density at radius 2 is 2.03 bits per heavy atom. The lowest BCUT2D eigenvalue weighted by molar-refractivity contribution is -0.119. The van der Waals surface area contributed by atoms with Crippen molar-refractivity contribution in [2.75, 3.05) is 24.7 Å². The number of ether oxygens (including phenoxy) is 1. The molecule has 1 unspecified atom stereocenters. The van der Waals surface area contributed by atoms with Gasteiger partial charge >= 0.3 is 0 Å². The number of carbonyl (C=O) groups excluding carboxylic acids is 1. The smallest absolute Gasteiger partial charge is 0.242 e. The molecule has 160 valence electrons. The number of fused-ring (bicyclic) bond motifs is 3. The molecule has 0 saturated carbocycles. The molecule has 8 heteroatoms. The van der Waals surface area contributed by atoms with Gasteiger partial charge in [0.25, 0.3) is 0 Å². The van der Waals surface area contributed by atoms with Crippen molar-refractivity contribution in [1.82, 2.24) is 4.31 Å². The van der Waals surface area contributed by atoms with E-state index in [2.05, 4.69) is 5.32 Å². The summed E-state index contributed by atoms with van der Waals surface area (Å²) in [5, 5.41) is 4.73. The molecule has 0 radical (unpaired) electrons. The second-order valence-electron chi connectivity index (χ2n) is 7.57. The number of nitrogens with zero attached hydrogens (tertiary/aromatic N) is 1. The Bertz CT molecular complexity index is 1180. The second-order valence-corrected chi connectivity index (χ2v) is 9.62. The summed E-state index contributed by atoms with van der Waals surface area (Å²) in [6.45, 7) is 2.33. The van der Waals surface area contributed by atoms with Gasteiger partial charge in [-0.2, -0.15) is 4.31 Å². The van der Waals surface area contributed by atoms with Gasteiger partial charge in [0.05, 0.1) is 18.6 Å². The number of methoxy groups -OCH3 is 1. The van der Waals surface area contributed by atoms with Gasteiger partial charge in [-0.3, -0.25) is 4.79 Å². The van der Waals surface area contributed by atoms with Gasteiger partial charge in [0.2, 0.25) is 15.9 Å². The fraction of sp³-hybridized carbons (Fsp3) is 0.409. The topological polar surface area (TPSA) is 88.9 Å². The zero-order valence-electron chi connectivity index (χ0n) is 17.2. The Labute approximate surface area is 176 Å². The minimum Gasteiger partial charge on any atom is -0.495 e. The summed E-state index contributed by atoms with van der Waals surface area (Å²) < 4.78 is 38.1. The van der Waals surface area contributed by atoms with Gasteiger partial charge in [0, 0.05) is 23.4 Å². The Morgan fingerprint density at radius 1 is 1.23 bits per heavy atom. The number of amides is 1. The van der Waals surface area contributed by atoms with Crippen molar-refractivity contribution in [3.05, 3.63) is 36.4 Å². The fourth-order valence-corrected chi connectivity index (χ4v) is 5.90. The number of nitrogens with one attached hydrogen (secondary N) is 1. The van der Waals surface area contributed by atoms with Crippen molar-refractivity contribution in [3.63, 3.8) is 0 Å². The van der Waals surface area contributed by atoms with E-state index in [1.165, 1.54) is 11.4 Å². The van der Waals surface area contributed by atoms with Crippen LogP contribution in [0, 0.1) is 0 Å². The number of anilines is 1. The first-order chi connectivity index (χ1) is 14.4. The number of benzene rings is 2. The molecule has 1 aliphatic rings. The van der Waals surface area contributed by atoms with Crippen molar-refractivity contribution >= 4 is 43.6 Å². The van der Waals surface area contributed by atoms with E-state index in [0.29, 0.717) is 42.8 Å². The monoisotopic (exact) mass is 430 g/mol. The average Bonchev–Trinajstić information content (AvgIpc) is 3.37. The van der Waals surface area contributed by atoms with Crippen LogP contribution in [-0.2, 0) is 14.8 Å². The lowest BCUT2D eigenvalue weighted by Crippen LogP contribution is -2.44. The van der Waals surface area contributed by atoms with E-state index in [1.54, 1.807) is 6.07 Å². The largest absolute Gasteiger partial charge is 0.495 e. The molecule has 1 saturated heterocycles. The minimum absolute atomic E-state index is 0.0710. The molecule has 7 nitrogen and oxygen atoms in total. The molecule has 1 fully saturated rings. The maximum absolute atomic E-state index is 13.0. The molecule has 1 atom stereocenters. The molecule has 2 heterocycles. The highest BCUT2D eigenvalue weighted by molar-refractivity contribution is 7.89. The summed E-state index contributed by atoms with van der Waals surface area (Å²) in [5.41, 5.74) is 1.85. The molecule has 2 aromatic carbocycles. The van der Waals surface area contributed by atoms with Crippen LogP contribution in [0.25, 0.3) is 21.9 Å². The maximum Gasteiger partial charge on any atom is 0.242 e. The predicted octanol–water partition coefficient (Wildman–Crippen LogP) is 4.13. The lowest BCUT2D eigenvalue weighted by Gasteiger charge is -2.23. The minimum atomic E-state index is -3.45. The predicted molar refractivity (Wildman–Crippen MR) is 117 cm³/mol. The Hall–Kier alpha value is -2.58. The molecule has 1 N–H and O–H groups in total. The molecule has 1 amide bonds. The summed E-state index contributed by atoms with van der Waals surface area (Å²) >= 11 is 0. The number of para-hydroxylation sites is 1. The Balaban J connectivity index is 1.63. The van der Waals surface area contributed by atoms with Crippen LogP contribution in [0.5, 0.6) is 5.75 Å². The Kier molecular flexibility index (Phi) is 5.71. The van der Waals surface area contributed by atoms with Gasteiger partial charge in [-0.15, -0.1) is 0 Å². The number of rotatable bonds is 7. The van der Waals surface area contributed by atoms with Gasteiger partial charge in [-0.25, -0.2) is 8.42 Å². The van der Waals surface area contributed by atoms with Crippen molar-refractivity contribution < 1.29 is 22.4 Å². The highest BCUT2D eigenvalue weighted by atomic mass is 32.2. The van der Waals surface area contributed by atoms with Gasteiger partial charge in [0.15, 0.2) is 0 Å². The van der Waals surface area contributed by atoms with E-state index in [9.17, 15) is 13.2 Å². The number of carbonyl (C=O) groups is 1. The maximum atomic E-state index is 13.0. The van der Waals surface area contributed by atoms with Crippen LogP contribution >= 0.6 is 0 Å². The Morgan fingerprint density at radius 3 is 2.80 bits per heavy atom. The third kappa shape index (κ3) is 3.77. The molecule has 1 aliphatic heterocycles. The summed E-state index contributed by atoms with van der Waals surface area (Å²) in [7, 11) is -1.92. The van der Waals surface area contributed by atoms with Gasteiger partial charge < -0.3 is 14.5 Å². The van der Waals surface area contributed by atoms with Crippen LogP contribution in [0.4, 0.5) is 5.69 Å². The molecule has 30 heavy (non-hydrogen) atoms. The van der Waals surface area contributed by atoms with Crippen LogP contribution in [-0.4, -0.2) is 44.1 Å². The van der Waals surface area contributed by atoms with E-state index < -0.39 is 16.1 Å². The van der Waals surface area contributed by atoms with Crippen LogP contribution in [0.1, 0.15) is 32.6 Å². The standard InChI is InChI=1S/C22H26N2O5S/c1-3-4-12-30(26,27)24-11-7-9-18(24)22(25)23-17-14-20-16(13-21(17)28-2)15-8-5-6-10-19(15)29-20/h5-6,8,10,13-14,18H,3-4,7,9,11-12H2,1-2H3,(H,23,25). The van der Waals surface area contributed by atoms with E-state index in [1.807, 2.05) is 37.3 Å². The molecule has 0 bridgehead atoms. The zero-order chi connectivity index (χ0) is 21.3. The highest BCUT2D eigenvalue weighted by Crippen LogP contribution is 2.36. The number of hydrogen-bond donors (Lipinski definition) is 1. The fourth-order valence-electron chi connectivity index (χ4n) is 4.01. The van der Waals surface area contributed by atoms with Crippen LogP contribution in [0.2, 0.25) is 0 Å². The summed E-state index contributed by atoms with van der Waals surface area (Å²) in [6.07, 6.45) is 2.55. The van der Waals surface area contributed by atoms with Crippen molar-refractivity contribution in [3.8, 4) is 5.75 Å². The first-order valence-corrected chi connectivity index (χ1v) is 11.8.